The van der Waals surface area contributed by atoms with Gasteiger partial charge in [0.05, 0.1) is 0 Å². The van der Waals surface area contributed by atoms with Gasteiger partial charge in [-0.05, 0) is 0 Å². The molecule has 0 unspecified atom stereocenters. The van der Waals surface area contributed by atoms with Gasteiger partial charge in [0.25, 0.3) is 0 Å². The van der Waals surface area contributed by atoms with Gasteiger partial charge in [-0.15, -0.1) is 0 Å². The van der Waals surface area contributed by atoms with Crippen molar-refractivity contribution < 1.29 is 47.1 Å². The first-order valence-electron chi connectivity index (χ1n) is 0.204. The van der Waals surface area contributed by atoms with Crippen molar-refractivity contribution in [1.29, 1.82) is 0 Å². The topological polar surface area (TPSA) is 103 Å². The minimum Gasteiger partial charge on any atom is -2.00 e. The largest absolute Gasteiger partial charge is 4.00 e. The molecule has 0 amide bonds. The summed E-state index contributed by atoms with van der Waals surface area (Å²) in [6.07, 6.45) is 0. The molecule has 0 aromatic heterocycles. The Labute approximate surface area is 57.5 Å². The maximum Gasteiger partial charge on any atom is 4.00 e. The van der Waals surface area contributed by atoms with E-state index in [2.05, 4.69) is 0 Å². The van der Waals surface area contributed by atoms with Crippen LogP contribution in [0.3, 0.4) is 0 Å². The van der Waals surface area contributed by atoms with Crippen molar-refractivity contribution in [2.45, 2.75) is 0 Å². The van der Waals surface area contributed by atoms with E-state index in [0.29, 0.717) is 0 Å². The molecule has 0 aliphatic carbocycles. The smallest absolute Gasteiger partial charge is 2.00 e. The molecule has 0 fully saturated rings. The molecule has 0 atom stereocenters. The van der Waals surface area contributed by atoms with E-state index in [1.165, 1.54) is 0 Å². The summed E-state index contributed by atoms with van der Waals surface area (Å²) in [5.41, 5.74) is 0. The zero-order valence-electron chi connectivity index (χ0n) is 2.63. The first-order valence-corrected chi connectivity index (χ1v) is 0.612. The van der Waals surface area contributed by atoms with E-state index in [-0.39, 0.29) is 42.6 Å². The second-order valence-electron chi connectivity index (χ2n) is 0. The summed E-state index contributed by atoms with van der Waals surface area (Å²) in [6, 6.07) is 0. The Morgan fingerprint density at radius 3 is 0.833 bits per heavy atom. The monoisotopic (exact) mass is 182 g/mol. The van der Waals surface area contributed by atoms with Crippen LogP contribution in [-0.4, -0.2) is 10.1 Å². The van der Waals surface area contributed by atoms with Crippen LogP contribution in [0.15, 0.2) is 0 Å². The van der Waals surface area contributed by atoms with E-state index >= 15 is 0 Å². The summed E-state index contributed by atoms with van der Waals surface area (Å²) in [4.78, 5) is 0. The van der Waals surface area contributed by atoms with Gasteiger partial charge < -0.3 is 16.4 Å². The van der Waals surface area contributed by atoms with Crippen LogP contribution in [0.2, 0.25) is 0 Å². The minimum atomic E-state index is 0. The molecule has 0 aromatic carbocycles. The third-order valence-electron chi connectivity index (χ3n) is 0. The van der Waals surface area contributed by atoms with Gasteiger partial charge in [-0.25, -0.2) is 0 Å². The summed E-state index contributed by atoms with van der Waals surface area (Å²) in [5.74, 6) is 0. The van der Waals surface area contributed by atoms with E-state index in [1.54, 1.807) is 10.1 Å². The summed E-state index contributed by atoms with van der Waals surface area (Å²) < 4.78 is 8.06. The zero-order valence-corrected chi connectivity index (χ0v) is 6.09. The summed E-state index contributed by atoms with van der Waals surface area (Å²) >= 11 is 0. The van der Waals surface area contributed by atoms with Crippen molar-refractivity contribution in [3.05, 3.63) is 0 Å². The second kappa shape index (κ2) is 217. The second-order valence-corrected chi connectivity index (χ2v) is 0. The predicted octanol–water partition coefficient (Wildman–Crippen LogP) is -0.859. The summed E-state index contributed by atoms with van der Waals surface area (Å²) in [7, 11) is 1.72. The zero-order chi connectivity index (χ0) is 2.00. The molecule has 0 saturated heterocycles. The van der Waals surface area contributed by atoms with Crippen LogP contribution in [0, 0.1) is 0 Å². The van der Waals surface area contributed by atoms with E-state index in [9.17, 15) is 0 Å². The fourth-order valence-electron chi connectivity index (χ4n) is 0. The van der Waals surface area contributed by atoms with Gasteiger partial charge >= 0.3 is 40.8 Å². The van der Waals surface area contributed by atoms with Gasteiger partial charge in [-0.1, -0.05) is 0 Å². The fourth-order valence-corrected chi connectivity index (χ4v) is 0. The Morgan fingerprint density at radius 2 is 0.833 bits per heavy atom. The Bertz CT molecular complexity index is 7.51. The average molecular weight is 183 g/mol. The molecular formula is O4SiZr. The normalized spacial score (nSPS) is 1.00. The van der Waals surface area contributed by atoms with Crippen LogP contribution >= 0.6 is 0 Å². The molecule has 0 aliphatic rings. The molecule has 4 nitrogen and oxygen atoms in total. The Kier molecular flexibility index (Phi) is 2590. The Morgan fingerprint density at radius 1 is 0.833 bits per heavy atom. The van der Waals surface area contributed by atoms with Crippen molar-refractivity contribution >= 4 is 10.1 Å². The van der Waals surface area contributed by atoms with Crippen molar-refractivity contribution in [3.8, 4) is 0 Å². The van der Waals surface area contributed by atoms with Crippen LogP contribution in [0.25, 0.3) is 0 Å². The first kappa shape index (κ1) is 71.5. The van der Waals surface area contributed by atoms with E-state index in [1.807, 2.05) is 0 Å². The molecule has 6 heteroatoms. The van der Waals surface area contributed by atoms with Crippen LogP contribution in [0.4, 0.5) is 0 Å². The molecule has 0 spiro atoms. The maximum atomic E-state index is 8.06. The van der Waals surface area contributed by atoms with Crippen molar-refractivity contribution in [2.24, 2.45) is 0 Å². The van der Waals surface area contributed by atoms with Crippen LogP contribution < -0.4 is 0 Å². The fraction of sp³-hybridized carbons (Fsp3) is 0. The van der Waals surface area contributed by atoms with Gasteiger partial charge in [0.2, 0.25) is 0 Å². The van der Waals surface area contributed by atoms with E-state index in [0.717, 1.165) is 0 Å². The SMILES string of the molecule is O=[Si+2].[O-2].[O-2].[O-2].[Zr+4]. The quantitative estimate of drug-likeness (QED) is 0.448. The molecule has 0 N–H and O–H groups in total. The van der Waals surface area contributed by atoms with E-state index in [4.69, 9.17) is 4.46 Å². The van der Waals surface area contributed by atoms with Gasteiger partial charge in [-0.3, -0.25) is 0 Å². The maximum absolute atomic E-state index is 8.06. The molecule has 0 saturated carbocycles. The molecule has 6 heavy (non-hydrogen) atoms. The van der Waals surface area contributed by atoms with Crippen LogP contribution in [0.1, 0.15) is 0 Å². The third kappa shape index (κ3) is 112. The van der Waals surface area contributed by atoms with Crippen LogP contribution in [0.5, 0.6) is 0 Å². The molecular weight excluding hydrogens is 183 g/mol. The van der Waals surface area contributed by atoms with E-state index < -0.39 is 0 Å². The molecule has 0 aliphatic heterocycles. The Hall–Kier alpha value is 0.780. The van der Waals surface area contributed by atoms with Gasteiger partial charge in [0, 0.05) is 0 Å². The number of hydrogen-bond donors (Lipinski definition) is 0. The molecule has 0 bridgehead atoms. The van der Waals surface area contributed by atoms with Crippen molar-refractivity contribution in [2.75, 3.05) is 0 Å². The Balaban J connectivity index is -0.000000000833. The van der Waals surface area contributed by atoms with Gasteiger partial charge in [-0.2, -0.15) is 0 Å². The average Bonchev–Trinajstić information content (AvgIpc) is 1.00. The van der Waals surface area contributed by atoms with Gasteiger partial charge in [0.15, 0.2) is 0 Å². The predicted molar refractivity (Wildman–Crippen MR) is 8.50 cm³/mol. The van der Waals surface area contributed by atoms with Crippen molar-refractivity contribution in [3.63, 3.8) is 0 Å². The standard InChI is InChI=1S/OSi.3O.Zr/c1-2;;;;/q+2;3*-2;+4. The van der Waals surface area contributed by atoms with Crippen molar-refractivity contribution in [1.82, 2.24) is 0 Å². The summed E-state index contributed by atoms with van der Waals surface area (Å²) in [6.45, 7) is 0. The first-order chi connectivity index (χ1) is 1.00. The molecule has 32 valence electrons. The van der Waals surface area contributed by atoms with Gasteiger partial charge in [0.1, 0.15) is 0 Å². The molecule has 0 aromatic rings. The minimum absolute atomic E-state index is 0. The molecule has 0 heterocycles. The third-order valence-corrected chi connectivity index (χ3v) is 0. The number of hydrogen-bond acceptors (Lipinski definition) is 1. The number of rotatable bonds is 0. The molecule has 0 rings (SSSR count). The van der Waals surface area contributed by atoms with Crippen LogP contribution in [-0.2, 0) is 47.1 Å². The summed E-state index contributed by atoms with van der Waals surface area (Å²) in [5, 5.41) is 0. The molecule has 0 radical (unpaired) electrons.